The van der Waals surface area contributed by atoms with Gasteiger partial charge in [-0.05, 0) is 57.0 Å². The predicted molar refractivity (Wildman–Crippen MR) is 116 cm³/mol. The van der Waals surface area contributed by atoms with Gasteiger partial charge in [0.2, 0.25) is 0 Å². The number of ether oxygens (including phenoxy) is 4. The molecule has 0 aliphatic heterocycles. The first-order chi connectivity index (χ1) is 14.4. The Hall–Kier alpha value is -3.12. The molecule has 2 aromatic carbocycles. The van der Waals surface area contributed by atoms with E-state index in [0.717, 1.165) is 40.1 Å². The van der Waals surface area contributed by atoms with E-state index in [0.29, 0.717) is 23.5 Å². The second kappa shape index (κ2) is 9.59. The van der Waals surface area contributed by atoms with E-state index in [1.807, 2.05) is 64.1 Å². The van der Waals surface area contributed by atoms with Gasteiger partial charge in [0, 0.05) is 23.8 Å². The normalized spacial score (nSPS) is 10.8. The molecule has 0 saturated heterocycles. The lowest BCUT2D eigenvalue weighted by Crippen LogP contribution is -2.15. The maximum atomic E-state index is 12.2. The molecule has 0 aliphatic rings. The van der Waals surface area contributed by atoms with Gasteiger partial charge < -0.3 is 18.9 Å². The monoisotopic (exact) mass is 409 g/mol. The molecular formula is C24H27NO5. The molecule has 6 nitrogen and oxygen atoms in total. The molecule has 0 fully saturated rings. The van der Waals surface area contributed by atoms with Crippen molar-refractivity contribution in [3.8, 4) is 17.2 Å². The highest BCUT2D eigenvalue weighted by molar-refractivity contribution is 5.90. The maximum absolute atomic E-state index is 12.2. The fourth-order valence-electron chi connectivity index (χ4n) is 3.15. The second-order valence-electron chi connectivity index (χ2n) is 7.11. The number of carbonyl (C=O) groups excluding carboxylic acids is 1. The standard InChI is InChI=1S/C24H27NO5/c1-6-20-17(4)23(30-24(26)28-12-11-27-5)19-14-22(16(3)13-21(19)25-20)29-18-9-7-15(2)8-10-18/h7-10,13-14H,6,11-12H2,1-5H3. The van der Waals surface area contributed by atoms with Crippen molar-refractivity contribution in [3.05, 3.63) is 58.8 Å². The van der Waals surface area contributed by atoms with Crippen LogP contribution >= 0.6 is 0 Å². The largest absolute Gasteiger partial charge is 0.513 e. The summed E-state index contributed by atoms with van der Waals surface area (Å²) in [5.41, 5.74) is 4.51. The van der Waals surface area contributed by atoms with Gasteiger partial charge in [-0.2, -0.15) is 0 Å². The topological polar surface area (TPSA) is 66.9 Å². The van der Waals surface area contributed by atoms with Gasteiger partial charge in [0.05, 0.1) is 12.1 Å². The van der Waals surface area contributed by atoms with Crippen LogP contribution in [0.2, 0.25) is 0 Å². The quantitative estimate of drug-likeness (QED) is 0.370. The van der Waals surface area contributed by atoms with Crippen molar-refractivity contribution in [2.75, 3.05) is 20.3 Å². The molecule has 0 saturated carbocycles. The highest BCUT2D eigenvalue weighted by Crippen LogP contribution is 2.36. The first-order valence-corrected chi connectivity index (χ1v) is 9.94. The molecule has 30 heavy (non-hydrogen) atoms. The molecule has 0 unspecified atom stereocenters. The molecule has 0 bridgehead atoms. The molecule has 0 N–H and O–H groups in total. The Morgan fingerprint density at radius 3 is 2.43 bits per heavy atom. The molecule has 3 rings (SSSR count). The maximum Gasteiger partial charge on any atom is 0.513 e. The number of pyridine rings is 1. The molecule has 1 aromatic heterocycles. The number of fused-ring (bicyclic) bond motifs is 1. The number of hydrogen-bond acceptors (Lipinski definition) is 6. The summed E-state index contributed by atoms with van der Waals surface area (Å²) in [6.45, 7) is 8.33. The molecular weight excluding hydrogens is 382 g/mol. The lowest BCUT2D eigenvalue weighted by molar-refractivity contribution is 0.0687. The number of nitrogens with zero attached hydrogens (tertiary/aromatic N) is 1. The summed E-state index contributed by atoms with van der Waals surface area (Å²) in [7, 11) is 1.54. The van der Waals surface area contributed by atoms with E-state index in [4.69, 9.17) is 23.9 Å². The van der Waals surface area contributed by atoms with Crippen LogP contribution in [0.3, 0.4) is 0 Å². The van der Waals surface area contributed by atoms with Gasteiger partial charge in [-0.15, -0.1) is 0 Å². The minimum atomic E-state index is -0.772. The van der Waals surface area contributed by atoms with Crippen LogP contribution in [0.15, 0.2) is 36.4 Å². The summed E-state index contributed by atoms with van der Waals surface area (Å²) < 4.78 is 21.7. The summed E-state index contributed by atoms with van der Waals surface area (Å²) in [6, 6.07) is 11.6. The van der Waals surface area contributed by atoms with E-state index in [1.54, 1.807) is 7.11 Å². The van der Waals surface area contributed by atoms with Gasteiger partial charge in [-0.3, -0.25) is 4.98 Å². The first kappa shape index (κ1) is 21.6. The zero-order valence-electron chi connectivity index (χ0n) is 18.1. The lowest BCUT2D eigenvalue weighted by atomic mass is 10.0. The molecule has 0 spiro atoms. The van der Waals surface area contributed by atoms with E-state index < -0.39 is 6.16 Å². The van der Waals surface area contributed by atoms with Crippen LogP contribution in [-0.4, -0.2) is 31.5 Å². The van der Waals surface area contributed by atoms with Gasteiger partial charge in [0.1, 0.15) is 23.9 Å². The van der Waals surface area contributed by atoms with Crippen LogP contribution in [-0.2, 0) is 15.9 Å². The minimum absolute atomic E-state index is 0.124. The van der Waals surface area contributed by atoms with Crippen molar-refractivity contribution in [2.24, 2.45) is 0 Å². The highest BCUT2D eigenvalue weighted by Gasteiger charge is 2.18. The molecule has 6 heteroatoms. The number of hydrogen-bond donors (Lipinski definition) is 0. The van der Waals surface area contributed by atoms with Crippen LogP contribution in [0, 0.1) is 20.8 Å². The van der Waals surface area contributed by atoms with E-state index in [1.165, 1.54) is 0 Å². The Bertz CT molecular complexity index is 1040. The van der Waals surface area contributed by atoms with Crippen molar-refractivity contribution < 1.29 is 23.7 Å². The van der Waals surface area contributed by atoms with Crippen molar-refractivity contribution in [3.63, 3.8) is 0 Å². The van der Waals surface area contributed by atoms with E-state index >= 15 is 0 Å². The molecule has 0 amide bonds. The van der Waals surface area contributed by atoms with E-state index in [9.17, 15) is 4.79 Å². The Kier molecular flexibility index (Phi) is 6.90. The summed E-state index contributed by atoms with van der Waals surface area (Å²) in [5, 5.41) is 0.695. The van der Waals surface area contributed by atoms with Crippen molar-refractivity contribution in [1.29, 1.82) is 0 Å². The summed E-state index contributed by atoms with van der Waals surface area (Å²) >= 11 is 0. The number of methoxy groups -OCH3 is 1. The second-order valence-corrected chi connectivity index (χ2v) is 7.11. The Morgan fingerprint density at radius 1 is 1.03 bits per heavy atom. The van der Waals surface area contributed by atoms with Gasteiger partial charge >= 0.3 is 6.16 Å². The Labute approximate surface area is 176 Å². The molecule has 0 atom stereocenters. The van der Waals surface area contributed by atoms with E-state index in [-0.39, 0.29) is 6.61 Å². The van der Waals surface area contributed by atoms with Crippen molar-refractivity contribution in [2.45, 2.75) is 34.1 Å². The molecule has 158 valence electrons. The van der Waals surface area contributed by atoms with Crippen LogP contribution < -0.4 is 9.47 Å². The lowest BCUT2D eigenvalue weighted by Gasteiger charge is -2.16. The molecule has 3 aromatic rings. The molecule has 0 aliphatic carbocycles. The third-order valence-electron chi connectivity index (χ3n) is 4.84. The number of aryl methyl sites for hydroxylation is 3. The van der Waals surface area contributed by atoms with Gasteiger partial charge in [-0.1, -0.05) is 24.6 Å². The fourth-order valence-corrected chi connectivity index (χ4v) is 3.15. The minimum Gasteiger partial charge on any atom is -0.457 e. The number of carbonyl (C=O) groups is 1. The van der Waals surface area contributed by atoms with Crippen LogP contribution in [0.4, 0.5) is 4.79 Å². The van der Waals surface area contributed by atoms with Crippen LogP contribution in [0.25, 0.3) is 10.9 Å². The molecule has 0 radical (unpaired) electrons. The highest BCUT2D eigenvalue weighted by atomic mass is 16.7. The van der Waals surface area contributed by atoms with Crippen molar-refractivity contribution >= 4 is 17.1 Å². The third kappa shape index (κ3) is 4.89. The zero-order chi connectivity index (χ0) is 21.7. The van der Waals surface area contributed by atoms with E-state index in [2.05, 4.69) is 0 Å². The molecule has 1 heterocycles. The third-order valence-corrected chi connectivity index (χ3v) is 4.84. The number of aromatic nitrogens is 1. The van der Waals surface area contributed by atoms with Crippen molar-refractivity contribution in [1.82, 2.24) is 4.98 Å². The Balaban J connectivity index is 2.02. The summed E-state index contributed by atoms with van der Waals surface area (Å²) in [6.07, 6.45) is -0.0522. The smallest absolute Gasteiger partial charge is 0.457 e. The van der Waals surface area contributed by atoms with Gasteiger partial charge in [-0.25, -0.2) is 4.79 Å². The first-order valence-electron chi connectivity index (χ1n) is 9.94. The number of rotatable bonds is 7. The summed E-state index contributed by atoms with van der Waals surface area (Å²) in [5.74, 6) is 1.85. The van der Waals surface area contributed by atoms with Gasteiger partial charge in [0.15, 0.2) is 0 Å². The Morgan fingerprint density at radius 2 is 1.77 bits per heavy atom. The SMILES string of the molecule is CCc1nc2cc(C)c(Oc3ccc(C)cc3)cc2c(OC(=O)OCCOC)c1C. The summed E-state index contributed by atoms with van der Waals surface area (Å²) in [4.78, 5) is 17.0. The fraction of sp³-hybridized carbons (Fsp3) is 0.333. The van der Waals surface area contributed by atoms with Crippen LogP contribution in [0.5, 0.6) is 17.2 Å². The zero-order valence-corrected chi connectivity index (χ0v) is 18.1. The predicted octanol–water partition coefficient (Wildman–Crippen LogP) is 5.68. The average molecular weight is 409 g/mol. The number of benzene rings is 2. The van der Waals surface area contributed by atoms with Gasteiger partial charge in [0.25, 0.3) is 0 Å². The average Bonchev–Trinajstić information content (AvgIpc) is 2.73. The van der Waals surface area contributed by atoms with Crippen LogP contribution in [0.1, 0.15) is 29.3 Å².